The molecule has 0 atom stereocenters. The number of hydrogen-bond acceptors (Lipinski definition) is 1. The Bertz CT molecular complexity index is 795. The summed E-state index contributed by atoms with van der Waals surface area (Å²) in [5.74, 6) is 0.643. The van der Waals surface area contributed by atoms with Gasteiger partial charge < -0.3 is 0 Å². The lowest BCUT2D eigenvalue weighted by Gasteiger charge is -2.06. The van der Waals surface area contributed by atoms with Crippen LogP contribution in [0, 0.1) is 5.92 Å². The molecule has 0 bridgehead atoms. The van der Waals surface area contributed by atoms with E-state index in [1.807, 2.05) is 30.3 Å². The van der Waals surface area contributed by atoms with Gasteiger partial charge >= 0.3 is 0 Å². The van der Waals surface area contributed by atoms with Crippen molar-refractivity contribution in [1.29, 1.82) is 0 Å². The molecule has 0 aliphatic heterocycles. The maximum absolute atomic E-state index is 12.2. The molecule has 0 aliphatic carbocycles. The molecule has 2 aromatic carbocycles. The van der Waals surface area contributed by atoms with Crippen LogP contribution in [0.5, 0.6) is 0 Å². The SMILES string of the molecule is CC(C)Cc1ccc(-c2cc(=O)n(-c3ccccc3)[nH]2)cc1. The Morgan fingerprint density at radius 2 is 1.68 bits per heavy atom. The van der Waals surface area contributed by atoms with Crippen LogP contribution in [-0.2, 0) is 6.42 Å². The van der Waals surface area contributed by atoms with Gasteiger partial charge in [0.15, 0.2) is 0 Å². The minimum Gasteiger partial charge on any atom is -0.290 e. The molecular formula is C19H20N2O. The number of aromatic amines is 1. The minimum atomic E-state index is -0.0487. The fourth-order valence-corrected chi connectivity index (χ4v) is 2.60. The van der Waals surface area contributed by atoms with Gasteiger partial charge in [-0.25, -0.2) is 4.68 Å². The fraction of sp³-hybridized carbons (Fsp3) is 0.211. The van der Waals surface area contributed by atoms with Crippen molar-refractivity contribution in [3.05, 3.63) is 76.6 Å². The van der Waals surface area contributed by atoms with E-state index >= 15 is 0 Å². The summed E-state index contributed by atoms with van der Waals surface area (Å²) >= 11 is 0. The van der Waals surface area contributed by atoms with E-state index in [1.165, 1.54) is 5.56 Å². The third-order valence-electron chi connectivity index (χ3n) is 3.64. The molecule has 1 aromatic heterocycles. The molecule has 0 saturated heterocycles. The van der Waals surface area contributed by atoms with Gasteiger partial charge in [-0.1, -0.05) is 56.3 Å². The zero-order valence-electron chi connectivity index (χ0n) is 12.9. The van der Waals surface area contributed by atoms with Crippen LogP contribution in [0.4, 0.5) is 0 Å². The van der Waals surface area contributed by atoms with E-state index in [2.05, 4.69) is 43.2 Å². The van der Waals surface area contributed by atoms with Crippen LogP contribution < -0.4 is 5.56 Å². The number of rotatable bonds is 4. The Morgan fingerprint density at radius 1 is 1.00 bits per heavy atom. The molecule has 3 heteroatoms. The number of benzene rings is 2. The van der Waals surface area contributed by atoms with Crippen molar-refractivity contribution in [3.8, 4) is 16.9 Å². The van der Waals surface area contributed by atoms with E-state index in [-0.39, 0.29) is 5.56 Å². The number of hydrogen-bond donors (Lipinski definition) is 1. The Morgan fingerprint density at radius 3 is 2.32 bits per heavy atom. The van der Waals surface area contributed by atoms with Crippen LogP contribution in [0.1, 0.15) is 19.4 Å². The van der Waals surface area contributed by atoms with E-state index in [0.717, 1.165) is 23.4 Å². The number of nitrogens with one attached hydrogen (secondary N) is 1. The molecule has 0 saturated carbocycles. The lowest BCUT2D eigenvalue weighted by molar-refractivity contribution is 0.647. The molecule has 0 unspecified atom stereocenters. The highest BCUT2D eigenvalue weighted by molar-refractivity contribution is 5.59. The minimum absolute atomic E-state index is 0.0487. The van der Waals surface area contributed by atoms with Crippen LogP contribution in [0.15, 0.2) is 65.5 Å². The first-order chi connectivity index (χ1) is 10.6. The van der Waals surface area contributed by atoms with Gasteiger partial charge in [0.2, 0.25) is 0 Å². The quantitative estimate of drug-likeness (QED) is 0.774. The van der Waals surface area contributed by atoms with Gasteiger partial charge in [0.25, 0.3) is 5.56 Å². The standard InChI is InChI=1S/C19H20N2O/c1-14(2)12-15-8-10-16(11-9-15)18-13-19(22)21(20-18)17-6-4-3-5-7-17/h3-11,13-14,20H,12H2,1-2H3. The molecule has 3 nitrogen and oxygen atoms in total. The van der Waals surface area contributed by atoms with E-state index in [1.54, 1.807) is 10.7 Å². The topological polar surface area (TPSA) is 37.8 Å². The van der Waals surface area contributed by atoms with E-state index in [9.17, 15) is 4.79 Å². The predicted octanol–water partition coefficient (Wildman–Crippen LogP) is 4.03. The molecule has 0 radical (unpaired) electrons. The van der Waals surface area contributed by atoms with E-state index in [0.29, 0.717) is 5.92 Å². The number of nitrogens with zero attached hydrogens (tertiary/aromatic N) is 1. The number of para-hydroxylation sites is 1. The Hall–Kier alpha value is -2.55. The van der Waals surface area contributed by atoms with Gasteiger partial charge in [0.05, 0.1) is 11.4 Å². The average molecular weight is 292 g/mol. The molecular weight excluding hydrogens is 272 g/mol. The maximum Gasteiger partial charge on any atom is 0.271 e. The third kappa shape index (κ3) is 3.03. The molecule has 0 amide bonds. The zero-order valence-corrected chi connectivity index (χ0v) is 12.9. The Kier molecular flexibility index (Phi) is 3.96. The summed E-state index contributed by atoms with van der Waals surface area (Å²) < 4.78 is 1.57. The second-order valence-electron chi connectivity index (χ2n) is 5.97. The van der Waals surface area contributed by atoms with Crippen molar-refractivity contribution in [2.24, 2.45) is 5.92 Å². The summed E-state index contributed by atoms with van der Waals surface area (Å²) in [6.07, 6.45) is 1.07. The average Bonchev–Trinajstić information content (AvgIpc) is 2.90. The van der Waals surface area contributed by atoms with Gasteiger partial charge in [0.1, 0.15) is 0 Å². The summed E-state index contributed by atoms with van der Waals surface area (Å²) in [5.41, 5.74) is 3.98. The highest BCUT2D eigenvalue weighted by Gasteiger charge is 2.07. The molecule has 1 N–H and O–H groups in total. The van der Waals surface area contributed by atoms with Gasteiger partial charge in [-0.2, -0.15) is 0 Å². The van der Waals surface area contributed by atoms with Crippen LogP contribution in [0.2, 0.25) is 0 Å². The molecule has 3 rings (SSSR count). The molecule has 1 heterocycles. The van der Waals surface area contributed by atoms with Gasteiger partial charge in [-0.3, -0.25) is 9.89 Å². The van der Waals surface area contributed by atoms with Crippen LogP contribution in [0.25, 0.3) is 16.9 Å². The van der Waals surface area contributed by atoms with Crippen molar-refractivity contribution < 1.29 is 0 Å². The first kappa shape index (κ1) is 14.4. The molecule has 3 aromatic rings. The van der Waals surface area contributed by atoms with Crippen LogP contribution >= 0.6 is 0 Å². The zero-order chi connectivity index (χ0) is 15.5. The second kappa shape index (κ2) is 6.06. The summed E-state index contributed by atoms with van der Waals surface area (Å²) in [6, 6.07) is 19.6. The summed E-state index contributed by atoms with van der Waals surface area (Å²) in [4.78, 5) is 12.2. The summed E-state index contributed by atoms with van der Waals surface area (Å²) in [5, 5.41) is 3.18. The lowest BCUT2D eigenvalue weighted by Crippen LogP contribution is -2.12. The van der Waals surface area contributed by atoms with Crippen molar-refractivity contribution in [3.63, 3.8) is 0 Å². The highest BCUT2D eigenvalue weighted by Crippen LogP contribution is 2.18. The molecule has 112 valence electrons. The highest BCUT2D eigenvalue weighted by atomic mass is 16.1. The first-order valence-electron chi connectivity index (χ1n) is 7.60. The summed E-state index contributed by atoms with van der Waals surface area (Å²) in [6.45, 7) is 4.43. The molecule has 0 fully saturated rings. The van der Waals surface area contributed by atoms with Crippen molar-refractivity contribution in [2.45, 2.75) is 20.3 Å². The monoisotopic (exact) mass is 292 g/mol. The largest absolute Gasteiger partial charge is 0.290 e. The number of H-pyrrole nitrogens is 1. The van der Waals surface area contributed by atoms with Gasteiger partial charge in [-0.05, 0) is 35.6 Å². The number of aromatic nitrogens is 2. The third-order valence-corrected chi connectivity index (χ3v) is 3.64. The van der Waals surface area contributed by atoms with E-state index < -0.39 is 0 Å². The molecule has 0 spiro atoms. The Balaban J connectivity index is 1.92. The Labute approximate surface area is 130 Å². The van der Waals surface area contributed by atoms with Crippen molar-refractivity contribution >= 4 is 0 Å². The normalized spacial score (nSPS) is 11.0. The molecule has 0 aliphatic rings. The smallest absolute Gasteiger partial charge is 0.271 e. The van der Waals surface area contributed by atoms with Crippen LogP contribution in [0.3, 0.4) is 0 Å². The predicted molar refractivity (Wildman–Crippen MR) is 90.4 cm³/mol. The van der Waals surface area contributed by atoms with Crippen molar-refractivity contribution in [2.75, 3.05) is 0 Å². The molecule has 22 heavy (non-hydrogen) atoms. The van der Waals surface area contributed by atoms with E-state index in [4.69, 9.17) is 0 Å². The van der Waals surface area contributed by atoms with Crippen LogP contribution in [-0.4, -0.2) is 9.78 Å². The lowest BCUT2D eigenvalue weighted by atomic mass is 10.0. The first-order valence-corrected chi connectivity index (χ1v) is 7.60. The second-order valence-corrected chi connectivity index (χ2v) is 5.97. The van der Waals surface area contributed by atoms with Gasteiger partial charge in [-0.15, -0.1) is 0 Å². The fourth-order valence-electron chi connectivity index (χ4n) is 2.60. The summed E-state index contributed by atoms with van der Waals surface area (Å²) in [7, 11) is 0. The van der Waals surface area contributed by atoms with Crippen molar-refractivity contribution in [1.82, 2.24) is 9.78 Å². The maximum atomic E-state index is 12.2. The van der Waals surface area contributed by atoms with Gasteiger partial charge in [0, 0.05) is 6.07 Å².